The van der Waals surface area contributed by atoms with Gasteiger partial charge >= 0.3 is 0 Å². The Kier molecular flexibility index (Phi) is 5.58. The minimum atomic E-state index is -3.51. The summed E-state index contributed by atoms with van der Waals surface area (Å²) in [5, 5.41) is 3.20. The number of sulfonamides is 1. The number of nitrogens with zero attached hydrogens (tertiary/aromatic N) is 1. The monoisotopic (exact) mass is 288 g/mol. The fraction of sp³-hybridized carbons (Fsp3) is 0.692. The first-order valence-corrected chi connectivity index (χ1v) is 7.96. The molecule has 0 unspecified atom stereocenters. The zero-order valence-corrected chi connectivity index (χ0v) is 13.1. The van der Waals surface area contributed by atoms with Crippen LogP contribution in [0.5, 0.6) is 0 Å². The summed E-state index contributed by atoms with van der Waals surface area (Å²) >= 11 is 0. The highest BCUT2D eigenvalue weighted by molar-refractivity contribution is 7.89. The average Bonchev–Trinajstić information content (AvgIpc) is 2.74. The third-order valence-corrected chi connectivity index (χ3v) is 4.31. The van der Waals surface area contributed by atoms with Crippen molar-refractivity contribution in [3.05, 3.63) is 17.9 Å². The summed E-state index contributed by atoms with van der Waals surface area (Å²) in [6, 6.07) is 3.54. The van der Waals surface area contributed by atoms with Gasteiger partial charge in [-0.25, -0.2) is 8.42 Å². The minimum absolute atomic E-state index is 0.0104. The molecule has 19 heavy (non-hydrogen) atoms. The van der Waals surface area contributed by atoms with E-state index in [1.54, 1.807) is 13.1 Å². The Labute approximate surface area is 116 Å². The molecule has 1 rings (SSSR count). The predicted octanol–water partition coefficient (Wildman–Crippen LogP) is 2.05. The van der Waals surface area contributed by atoms with Crippen LogP contribution in [0.3, 0.4) is 0 Å². The van der Waals surface area contributed by atoms with Crippen LogP contribution < -0.4 is 5.32 Å². The molecule has 6 heteroatoms. The summed E-state index contributed by atoms with van der Waals surface area (Å²) in [6.45, 7) is 9.01. The molecule has 1 N–H and O–H groups in total. The molecule has 1 aromatic rings. The highest BCUT2D eigenvalue weighted by atomic mass is 32.2. The van der Waals surface area contributed by atoms with E-state index in [2.05, 4.69) is 5.32 Å². The number of furan rings is 1. The van der Waals surface area contributed by atoms with Crippen LogP contribution in [0.2, 0.25) is 0 Å². The molecule has 0 radical (unpaired) electrons. The van der Waals surface area contributed by atoms with E-state index >= 15 is 0 Å². The van der Waals surface area contributed by atoms with Gasteiger partial charge in [0.25, 0.3) is 10.0 Å². The largest absolute Gasteiger partial charge is 0.447 e. The summed E-state index contributed by atoms with van der Waals surface area (Å²) in [5.41, 5.74) is 0. The molecule has 0 spiro atoms. The van der Waals surface area contributed by atoms with Crippen LogP contribution in [0.15, 0.2) is 21.6 Å². The molecule has 1 heterocycles. The van der Waals surface area contributed by atoms with Crippen LogP contribution in [-0.4, -0.2) is 32.4 Å². The fourth-order valence-corrected chi connectivity index (χ4v) is 2.92. The zero-order valence-electron chi connectivity index (χ0n) is 12.3. The molecule has 110 valence electrons. The molecule has 0 aliphatic rings. The molecule has 0 aliphatic heterocycles. The van der Waals surface area contributed by atoms with Gasteiger partial charge in [0.1, 0.15) is 5.76 Å². The van der Waals surface area contributed by atoms with Crippen LogP contribution in [0.1, 0.15) is 33.5 Å². The maximum atomic E-state index is 12.2. The van der Waals surface area contributed by atoms with E-state index in [0.717, 1.165) is 0 Å². The van der Waals surface area contributed by atoms with Gasteiger partial charge < -0.3 is 9.73 Å². The first kappa shape index (κ1) is 16.2. The van der Waals surface area contributed by atoms with Gasteiger partial charge in [-0.2, -0.15) is 4.31 Å². The lowest BCUT2D eigenvalue weighted by atomic mass is 10.2. The van der Waals surface area contributed by atoms with Crippen molar-refractivity contribution in [3.8, 4) is 0 Å². The molecule has 0 saturated heterocycles. The second-order valence-corrected chi connectivity index (χ2v) is 7.41. The Morgan fingerprint density at radius 2 is 1.89 bits per heavy atom. The smallest absolute Gasteiger partial charge is 0.276 e. The van der Waals surface area contributed by atoms with Gasteiger partial charge in [-0.05, 0) is 18.1 Å². The van der Waals surface area contributed by atoms with Crippen LogP contribution in [0.25, 0.3) is 0 Å². The molecule has 5 nitrogen and oxygen atoms in total. The van der Waals surface area contributed by atoms with Crippen molar-refractivity contribution in [1.29, 1.82) is 0 Å². The maximum absolute atomic E-state index is 12.2. The van der Waals surface area contributed by atoms with E-state index in [4.69, 9.17) is 4.42 Å². The van der Waals surface area contributed by atoms with Crippen molar-refractivity contribution in [3.63, 3.8) is 0 Å². The van der Waals surface area contributed by atoms with E-state index in [-0.39, 0.29) is 11.0 Å². The lowest BCUT2D eigenvalue weighted by molar-refractivity contribution is 0.365. The van der Waals surface area contributed by atoms with E-state index < -0.39 is 10.0 Å². The average molecular weight is 288 g/mol. The molecule has 0 amide bonds. The van der Waals surface area contributed by atoms with Crippen LogP contribution >= 0.6 is 0 Å². The van der Waals surface area contributed by atoms with Gasteiger partial charge in [-0.15, -0.1) is 0 Å². The van der Waals surface area contributed by atoms with Crippen molar-refractivity contribution in [2.45, 2.75) is 45.4 Å². The molecular weight excluding hydrogens is 264 g/mol. The van der Waals surface area contributed by atoms with Crippen molar-refractivity contribution < 1.29 is 12.8 Å². The van der Waals surface area contributed by atoms with Crippen LogP contribution in [-0.2, 0) is 16.6 Å². The Balaban J connectivity index is 2.79. The standard InChI is InChI=1S/C13H24N2O3S/c1-10(2)9-15(5)19(16,17)13-7-6-12(18-13)8-14-11(3)4/h6-7,10-11,14H,8-9H2,1-5H3. The third kappa shape index (κ3) is 4.63. The van der Waals surface area contributed by atoms with Gasteiger partial charge in [-0.1, -0.05) is 27.7 Å². The molecule has 0 aromatic carbocycles. The molecule has 1 aromatic heterocycles. The van der Waals surface area contributed by atoms with Crippen molar-refractivity contribution in [1.82, 2.24) is 9.62 Å². The van der Waals surface area contributed by atoms with Gasteiger partial charge in [0.05, 0.1) is 6.54 Å². The van der Waals surface area contributed by atoms with Gasteiger partial charge in [0.2, 0.25) is 5.09 Å². The van der Waals surface area contributed by atoms with E-state index in [1.807, 2.05) is 27.7 Å². The Bertz CT molecular complexity index is 492. The first-order valence-electron chi connectivity index (χ1n) is 6.52. The normalized spacial score (nSPS) is 12.8. The maximum Gasteiger partial charge on any atom is 0.276 e. The predicted molar refractivity (Wildman–Crippen MR) is 75.3 cm³/mol. The second kappa shape index (κ2) is 6.54. The van der Waals surface area contributed by atoms with Gasteiger partial charge in [-0.3, -0.25) is 0 Å². The van der Waals surface area contributed by atoms with Crippen LogP contribution in [0.4, 0.5) is 0 Å². The van der Waals surface area contributed by atoms with Crippen LogP contribution in [0, 0.1) is 5.92 Å². The lowest BCUT2D eigenvalue weighted by Gasteiger charge is -2.17. The highest BCUT2D eigenvalue weighted by Crippen LogP contribution is 2.18. The Hall–Kier alpha value is -0.850. The highest BCUT2D eigenvalue weighted by Gasteiger charge is 2.24. The quantitative estimate of drug-likeness (QED) is 0.834. The summed E-state index contributed by atoms with van der Waals surface area (Å²) in [4.78, 5) is 0. The molecule has 0 aliphatic carbocycles. The van der Waals surface area contributed by atoms with Crippen molar-refractivity contribution in [2.24, 2.45) is 5.92 Å². The number of nitrogens with one attached hydrogen (secondary N) is 1. The van der Waals surface area contributed by atoms with Crippen molar-refractivity contribution >= 4 is 10.0 Å². The lowest BCUT2D eigenvalue weighted by Crippen LogP contribution is -2.30. The number of hydrogen-bond donors (Lipinski definition) is 1. The molecule has 0 saturated carbocycles. The van der Waals surface area contributed by atoms with E-state index in [1.165, 1.54) is 10.4 Å². The minimum Gasteiger partial charge on any atom is -0.447 e. The summed E-state index contributed by atoms with van der Waals surface area (Å²) in [6.07, 6.45) is 0. The Morgan fingerprint density at radius 3 is 2.42 bits per heavy atom. The molecule has 0 bridgehead atoms. The summed E-state index contributed by atoms with van der Waals surface area (Å²) < 4.78 is 31.2. The van der Waals surface area contributed by atoms with E-state index in [9.17, 15) is 8.42 Å². The molecule has 0 fully saturated rings. The molecule has 0 atom stereocenters. The summed E-state index contributed by atoms with van der Waals surface area (Å²) in [7, 11) is -1.94. The molecular formula is C13H24N2O3S. The topological polar surface area (TPSA) is 62.6 Å². The summed E-state index contributed by atoms with van der Waals surface area (Å²) in [5.74, 6) is 0.905. The Morgan fingerprint density at radius 1 is 1.26 bits per heavy atom. The van der Waals surface area contributed by atoms with Gasteiger partial charge in [0, 0.05) is 19.6 Å². The number of rotatable bonds is 7. The zero-order chi connectivity index (χ0) is 14.6. The van der Waals surface area contributed by atoms with E-state index in [0.29, 0.717) is 24.9 Å². The van der Waals surface area contributed by atoms with Gasteiger partial charge in [0.15, 0.2) is 0 Å². The number of hydrogen-bond acceptors (Lipinski definition) is 4. The van der Waals surface area contributed by atoms with Crippen molar-refractivity contribution in [2.75, 3.05) is 13.6 Å². The first-order chi connectivity index (χ1) is 8.73. The SMILES string of the molecule is CC(C)CN(C)S(=O)(=O)c1ccc(CNC(C)C)o1. The second-order valence-electron chi connectivity index (χ2n) is 5.44. The third-order valence-electron chi connectivity index (χ3n) is 2.61. The fourth-order valence-electron chi connectivity index (χ4n) is 1.66.